The van der Waals surface area contributed by atoms with E-state index in [2.05, 4.69) is 6.58 Å². The van der Waals surface area contributed by atoms with Crippen molar-refractivity contribution in [2.24, 2.45) is 0 Å². The van der Waals surface area contributed by atoms with Gasteiger partial charge in [-0.2, -0.15) is 0 Å². The van der Waals surface area contributed by atoms with Crippen LogP contribution >= 0.6 is 23.8 Å². The first-order valence-corrected chi connectivity index (χ1v) is 11.0. The standard InChI is InChI=1S/C26H21ClN2O3S/c1-3-14-32-24-21(27)15-18(17-23(24)31-2)16-22-25(30)29(20-12-8-5-9-13-20)26(33)28(22)19-10-6-4-7-11-19/h3-13,15-17H,1,14H2,2H3/b22-16+. The summed E-state index contributed by atoms with van der Waals surface area (Å²) in [7, 11) is 1.53. The molecule has 1 heterocycles. The van der Waals surface area contributed by atoms with Gasteiger partial charge in [0.2, 0.25) is 0 Å². The maximum atomic E-state index is 13.6. The van der Waals surface area contributed by atoms with E-state index in [1.54, 1.807) is 29.2 Å². The second kappa shape index (κ2) is 9.90. The maximum absolute atomic E-state index is 13.6. The van der Waals surface area contributed by atoms with E-state index in [4.69, 9.17) is 33.3 Å². The van der Waals surface area contributed by atoms with Gasteiger partial charge in [0.05, 0.1) is 17.8 Å². The predicted molar refractivity (Wildman–Crippen MR) is 137 cm³/mol. The molecule has 0 radical (unpaired) electrons. The lowest BCUT2D eigenvalue weighted by Gasteiger charge is -2.20. The Kier molecular flexibility index (Phi) is 6.77. The summed E-state index contributed by atoms with van der Waals surface area (Å²) in [4.78, 5) is 16.9. The lowest BCUT2D eigenvalue weighted by atomic mass is 10.1. The number of rotatable bonds is 7. The number of ether oxygens (including phenoxy) is 2. The number of hydrogen-bond donors (Lipinski definition) is 0. The van der Waals surface area contributed by atoms with E-state index in [1.807, 2.05) is 60.7 Å². The van der Waals surface area contributed by atoms with Gasteiger partial charge in [-0.15, -0.1) is 0 Å². The molecule has 1 fully saturated rings. The van der Waals surface area contributed by atoms with Crippen molar-refractivity contribution in [2.45, 2.75) is 0 Å². The van der Waals surface area contributed by atoms with Crippen LogP contribution < -0.4 is 19.3 Å². The SMILES string of the molecule is C=CCOc1c(Cl)cc(/C=C2\C(=O)N(c3ccccc3)C(=S)N2c2ccccc2)cc1OC. The monoisotopic (exact) mass is 476 g/mol. The number of thiocarbonyl (C=S) groups is 1. The molecule has 1 aliphatic heterocycles. The van der Waals surface area contributed by atoms with E-state index < -0.39 is 0 Å². The van der Waals surface area contributed by atoms with Crippen LogP contribution in [-0.4, -0.2) is 24.7 Å². The van der Waals surface area contributed by atoms with Crippen molar-refractivity contribution in [3.8, 4) is 11.5 Å². The Bertz CT molecular complexity index is 1230. The Labute approximate surface area is 203 Å². The molecule has 4 rings (SSSR count). The summed E-state index contributed by atoms with van der Waals surface area (Å²) < 4.78 is 11.1. The molecule has 33 heavy (non-hydrogen) atoms. The zero-order chi connectivity index (χ0) is 23.4. The van der Waals surface area contributed by atoms with Crippen molar-refractivity contribution in [2.75, 3.05) is 23.5 Å². The lowest BCUT2D eigenvalue weighted by Crippen LogP contribution is -2.32. The summed E-state index contributed by atoms with van der Waals surface area (Å²) in [6.45, 7) is 3.94. The third-order valence-corrected chi connectivity index (χ3v) is 5.62. The zero-order valence-corrected chi connectivity index (χ0v) is 19.5. The molecular formula is C26H21ClN2O3S. The van der Waals surface area contributed by atoms with Gasteiger partial charge < -0.3 is 9.47 Å². The van der Waals surface area contributed by atoms with Gasteiger partial charge in [-0.1, -0.05) is 60.7 Å². The summed E-state index contributed by atoms with van der Waals surface area (Å²) in [5.41, 5.74) is 2.54. The van der Waals surface area contributed by atoms with E-state index in [9.17, 15) is 4.79 Å². The predicted octanol–water partition coefficient (Wildman–Crippen LogP) is 6.09. The smallest absolute Gasteiger partial charge is 0.281 e. The first-order chi connectivity index (χ1) is 16.0. The summed E-state index contributed by atoms with van der Waals surface area (Å²) in [5, 5.41) is 0.731. The zero-order valence-electron chi connectivity index (χ0n) is 17.9. The van der Waals surface area contributed by atoms with Crippen molar-refractivity contribution < 1.29 is 14.3 Å². The fourth-order valence-corrected chi connectivity index (χ4v) is 4.19. The Morgan fingerprint density at radius 1 is 1.00 bits per heavy atom. The number of carbonyl (C=O) groups excluding carboxylic acids is 1. The molecule has 7 heteroatoms. The van der Waals surface area contributed by atoms with Crippen LogP contribution in [-0.2, 0) is 4.79 Å². The Balaban J connectivity index is 1.83. The van der Waals surface area contributed by atoms with Crippen LogP contribution in [0.25, 0.3) is 6.08 Å². The number of anilines is 2. The molecule has 0 saturated carbocycles. The van der Waals surface area contributed by atoms with Crippen molar-refractivity contribution >= 4 is 52.3 Å². The fourth-order valence-electron chi connectivity index (χ4n) is 3.52. The molecule has 5 nitrogen and oxygen atoms in total. The summed E-state index contributed by atoms with van der Waals surface area (Å²) in [6.07, 6.45) is 3.37. The average Bonchev–Trinajstić information content (AvgIpc) is 3.08. The van der Waals surface area contributed by atoms with E-state index in [0.717, 1.165) is 5.69 Å². The van der Waals surface area contributed by atoms with Gasteiger partial charge in [0.1, 0.15) is 12.3 Å². The van der Waals surface area contributed by atoms with Gasteiger partial charge in [0.15, 0.2) is 16.6 Å². The van der Waals surface area contributed by atoms with Crippen LogP contribution in [0.3, 0.4) is 0 Å². The number of para-hydroxylation sites is 2. The summed E-state index contributed by atoms with van der Waals surface area (Å²) in [6, 6.07) is 22.3. The van der Waals surface area contributed by atoms with Crippen molar-refractivity contribution in [1.82, 2.24) is 0 Å². The molecule has 0 aromatic heterocycles. The van der Waals surface area contributed by atoms with Crippen LogP contribution in [0.4, 0.5) is 11.4 Å². The van der Waals surface area contributed by atoms with Gasteiger partial charge in [0.25, 0.3) is 5.91 Å². The number of carbonyl (C=O) groups is 1. The van der Waals surface area contributed by atoms with Crippen LogP contribution in [0.2, 0.25) is 5.02 Å². The Hall–Kier alpha value is -3.61. The second-order valence-electron chi connectivity index (χ2n) is 7.09. The van der Waals surface area contributed by atoms with Gasteiger partial charge in [-0.05, 0) is 60.3 Å². The summed E-state index contributed by atoms with van der Waals surface area (Å²) >= 11 is 12.2. The highest BCUT2D eigenvalue weighted by Gasteiger charge is 2.39. The van der Waals surface area contributed by atoms with E-state index in [-0.39, 0.29) is 12.5 Å². The third-order valence-electron chi connectivity index (χ3n) is 4.98. The van der Waals surface area contributed by atoms with Gasteiger partial charge in [-0.25, -0.2) is 0 Å². The number of benzene rings is 3. The molecule has 1 aliphatic rings. The average molecular weight is 477 g/mol. The minimum Gasteiger partial charge on any atom is -0.493 e. The molecule has 0 unspecified atom stereocenters. The molecule has 3 aromatic rings. The first-order valence-electron chi connectivity index (χ1n) is 10.2. The number of amides is 1. The molecular weight excluding hydrogens is 456 g/mol. The topological polar surface area (TPSA) is 42.0 Å². The van der Waals surface area contributed by atoms with E-state index >= 15 is 0 Å². The molecule has 0 aliphatic carbocycles. The molecule has 0 N–H and O–H groups in total. The number of halogens is 1. The lowest BCUT2D eigenvalue weighted by molar-refractivity contribution is -0.113. The molecule has 0 atom stereocenters. The quantitative estimate of drug-likeness (QED) is 0.234. The van der Waals surface area contributed by atoms with E-state index in [1.165, 1.54) is 12.0 Å². The molecule has 166 valence electrons. The van der Waals surface area contributed by atoms with E-state index in [0.29, 0.717) is 38.6 Å². The minimum absolute atomic E-state index is 0.239. The number of hydrogen-bond acceptors (Lipinski definition) is 4. The van der Waals surface area contributed by atoms with Gasteiger partial charge >= 0.3 is 0 Å². The van der Waals surface area contributed by atoms with Crippen molar-refractivity contribution in [3.63, 3.8) is 0 Å². The maximum Gasteiger partial charge on any atom is 0.281 e. The van der Waals surface area contributed by atoms with Crippen molar-refractivity contribution in [3.05, 3.63) is 102 Å². The highest BCUT2D eigenvalue weighted by Crippen LogP contribution is 2.38. The normalized spacial score (nSPS) is 14.7. The van der Waals surface area contributed by atoms with Crippen LogP contribution in [0.15, 0.2) is 91.1 Å². The van der Waals surface area contributed by atoms with Crippen LogP contribution in [0, 0.1) is 0 Å². The second-order valence-corrected chi connectivity index (χ2v) is 7.87. The Morgan fingerprint density at radius 2 is 1.61 bits per heavy atom. The Morgan fingerprint density at radius 3 is 2.18 bits per heavy atom. The highest BCUT2D eigenvalue weighted by molar-refractivity contribution is 7.81. The molecule has 1 amide bonds. The first kappa shape index (κ1) is 22.6. The minimum atomic E-state index is -0.239. The van der Waals surface area contributed by atoms with Crippen LogP contribution in [0.5, 0.6) is 11.5 Å². The largest absolute Gasteiger partial charge is 0.493 e. The fraction of sp³-hybridized carbons (Fsp3) is 0.0769. The number of methoxy groups -OCH3 is 1. The van der Waals surface area contributed by atoms with Gasteiger partial charge in [-0.3, -0.25) is 14.6 Å². The molecule has 1 saturated heterocycles. The summed E-state index contributed by atoms with van der Waals surface area (Å²) in [5.74, 6) is 0.632. The van der Waals surface area contributed by atoms with Crippen molar-refractivity contribution in [1.29, 1.82) is 0 Å². The molecule has 3 aromatic carbocycles. The van der Waals surface area contributed by atoms with Crippen LogP contribution in [0.1, 0.15) is 5.56 Å². The molecule has 0 spiro atoms. The molecule has 0 bridgehead atoms. The number of nitrogens with zero attached hydrogens (tertiary/aromatic N) is 2. The highest BCUT2D eigenvalue weighted by atomic mass is 35.5. The third kappa shape index (κ3) is 4.49. The van der Waals surface area contributed by atoms with Gasteiger partial charge in [0, 0.05) is 5.69 Å².